The Bertz CT molecular complexity index is 571. The van der Waals surface area contributed by atoms with E-state index in [4.69, 9.17) is 23.2 Å². The molecule has 1 heterocycles. The second-order valence-corrected chi connectivity index (χ2v) is 7.06. The number of alkyl halides is 1. The molecule has 0 bridgehead atoms. The molecule has 0 atom stereocenters. The number of nitrogens with zero attached hydrogens (tertiary/aromatic N) is 1. The zero-order valence-electron chi connectivity index (χ0n) is 10.2. The van der Waals surface area contributed by atoms with E-state index in [1.165, 1.54) is 10.4 Å². The molecule has 1 aliphatic heterocycles. The zero-order valence-corrected chi connectivity index (χ0v) is 12.5. The van der Waals surface area contributed by atoms with Gasteiger partial charge in [0.25, 0.3) is 0 Å². The summed E-state index contributed by atoms with van der Waals surface area (Å²) in [5.74, 6) is -0.783. The van der Waals surface area contributed by atoms with Crippen LogP contribution in [0.25, 0.3) is 0 Å². The SMILES string of the molecule is O=S(=O)(c1cc(F)c(Cl)c(CCl)c1)N1CCCCC1. The van der Waals surface area contributed by atoms with Gasteiger partial charge in [0.05, 0.1) is 9.92 Å². The topological polar surface area (TPSA) is 37.4 Å². The van der Waals surface area contributed by atoms with Crippen LogP contribution in [0, 0.1) is 5.82 Å². The molecule has 0 N–H and O–H groups in total. The summed E-state index contributed by atoms with van der Waals surface area (Å²) in [5, 5.41) is -0.118. The average molecular weight is 326 g/mol. The maximum absolute atomic E-state index is 13.7. The van der Waals surface area contributed by atoms with Crippen molar-refractivity contribution in [2.45, 2.75) is 30.0 Å². The van der Waals surface area contributed by atoms with E-state index in [2.05, 4.69) is 0 Å². The van der Waals surface area contributed by atoms with E-state index in [-0.39, 0.29) is 15.8 Å². The lowest BCUT2D eigenvalue weighted by molar-refractivity contribution is 0.346. The highest BCUT2D eigenvalue weighted by atomic mass is 35.5. The van der Waals surface area contributed by atoms with Crippen molar-refractivity contribution in [2.24, 2.45) is 0 Å². The Morgan fingerprint density at radius 1 is 1.21 bits per heavy atom. The molecule has 1 aromatic rings. The quantitative estimate of drug-likeness (QED) is 0.799. The Kier molecular flexibility index (Phi) is 4.71. The molecular formula is C12H14Cl2FNO2S. The number of rotatable bonds is 3. The normalized spacial score (nSPS) is 17.6. The summed E-state index contributed by atoms with van der Waals surface area (Å²) < 4.78 is 39.8. The summed E-state index contributed by atoms with van der Waals surface area (Å²) in [4.78, 5) is -0.0769. The number of halogens is 3. The van der Waals surface area contributed by atoms with Gasteiger partial charge in [0, 0.05) is 19.0 Å². The summed E-state index contributed by atoms with van der Waals surface area (Å²) in [7, 11) is -3.66. The lowest BCUT2D eigenvalue weighted by atomic mass is 10.2. The second kappa shape index (κ2) is 5.95. The first-order valence-corrected chi connectivity index (χ1v) is 8.36. The molecule has 0 unspecified atom stereocenters. The molecule has 1 fully saturated rings. The number of sulfonamides is 1. The van der Waals surface area contributed by atoms with Gasteiger partial charge in [-0.25, -0.2) is 12.8 Å². The molecule has 19 heavy (non-hydrogen) atoms. The van der Waals surface area contributed by atoms with Gasteiger partial charge in [-0.15, -0.1) is 11.6 Å². The smallest absolute Gasteiger partial charge is 0.207 e. The molecule has 0 saturated carbocycles. The summed E-state index contributed by atoms with van der Waals surface area (Å²) in [6, 6.07) is 2.31. The van der Waals surface area contributed by atoms with Gasteiger partial charge in [-0.3, -0.25) is 0 Å². The van der Waals surface area contributed by atoms with Gasteiger partial charge >= 0.3 is 0 Å². The second-order valence-electron chi connectivity index (χ2n) is 4.48. The van der Waals surface area contributed by atoms with Crippen LogP contribution in [-0.4, -0.2) is 25.8 Å². The van der Waals surface area contributed by atoms with Gasteiger partial charge in [0.15, 0.2) is 0 Å². The molecule has 7 heteroatoms. The van der Waals surface area contributed by atoms with Gasteiger partial charge in [0.2, 0.25) is 10.0 Å². The molecule has 0 spiro atoms. The van der Waals surface area contributed by atoms with E-state index < -0.39 is 15.8 Å². The number of hydrogen-bond donors (Lipinski definition) is 0. The maximum atomic E-state index is 13.7. The number of piperidine rings is 1. The van der Waals surface area contributed by atoms with Gasteiger partial charge in [0.1, 0.15) is 5.82 Å². The Labute approximate surface area is 122 Å². The highest BCUT2D eigenvalue weighted by Gasteiger charge is 2.27. The van der Waals surface area contributed by atoms with Crippen molar-refractivity contribution in [2.75, 3.05) is 13.1 Å². The van der Waals surface area contributed by atoms with Gasteiger partial charge < -0.3 is 0 Å². The maximum Gasteiger partial charge on any atom is 0.243 e. The first-order valence-electron chi connectivity index (χ1n) is 6.01. The molecule has 3 nitrogen and oxygen atoms in total. The van der Waals surface area contributed by atoms with Crippen molar-refractivity contribution in [1.82, 2.24) is 4.31 Å². The predicted molar refractivity (Wildman–Crippen MR) is 73.6 cm³/mol. The average Bonchev–Trinajstić information content (AvgIpc) is 2.42. The molecule has 1 saturated heterocycles. The van der Waals surface area contributed by atoms with E-state index in [0.29, 0.717) is 18.7 Å². The van der Waals surface area contributed by atoms with Crippen LogP contribution in [0.2, 0.25) is 5.02 Å². The first-order chi connectivity index (χ1) is 8.96. The Morgan fingerprint density at radius 3 is 2.42 bits per heavy atom. The summed E-state index contributed by atoms with van der Waals surface area (Å²) in [6.07, 6.45) is 2.68. The van der Waals surface area contributed by atoms with Crippen molar-refractivity contribution < 1.29 is 12.8 Å². The van der Waals surface area contributed by atoms with E-state index in [0.717, 1.165) is 25.3 Å². The molecular weight excluding hydrogens is 312 g/mol. The Morgan fingerprint density at radius 2 is 1.84 bits per heavy atom. The third-order valence-electron chi connectivity index (χ3n) is 3.17. The lowest BCUT2D eigenvalue weighted by Crippen LogP contribution is -2.35. The van der Waals surface area contributed by atoms with Crippen molar-refractivity contribution in [3.05, 3.63) is 28.5 Å². The molecule has 106 valence electrons. The number of hydrogen-bond acceptors (Lipinski definition) is 2. The fourth-order valence-corrected chi connectivity index (χ4v) is 4.15. The third kappa shape index (κ3) is 3.05. The van der Waals surface area contributed by atoms with Crippen LogP contribution < -0.4 is 0 Å². The van der Waals surface area contributed by atoms with E-state index in [9.17, 15) is 12.8 Å². The first kappa shape index (κ1) is 15.0. The fraction of sp³-hybridized carbons (Fsp3) is 0.500. The minimum absolute atomic E-state index is 0.0287. The van der Waals surface area contributed by atoms with Crippen molar-refractivity contribution >= 4 is 33.2 Å². The molecule has 1 aliphatic rings. The highest BCUT2D eigenvalue weighted by Crippen LogP contribution is 2.28. The van der Waals surface area contributed by atoms with Crippen LogP contribution in [0.1, 0.15) is 24.8 Å². The summed E-state index contributed by atoms with van der Waals surface area (Å²) in [6.45, 7) is 0.950. The van der Waals surface area contributed by atoms with Crippen LogP contribution in [0.5, 0.6) is 0 Å². The van der Waals surface area contributed by atoms with Crippen molar-refractivity contribution in [1.29, 1.82) is 0 Å². The minimum atomic E-state index is -3.66. The summed E-state index contributed by atoms with van der Waals surface area (Å²) in [5.41, 5.74) is 0.291. The van der Waals surface area contributed by atoms with Gasteiger partial charge in [-0.05, 0) is 30.5 Å². The Balaban J connectivity index is 2.42. The third-order valence-corrected chi connectivity index (χ3v) is 5.76. The fourth-order valence-electron chi connectivity index (χ4n) is 2.12. The van der Waals surface area contributed by atoms with Gasteiger partial charge in [-0.2, -0.15) is 4.31 Å². The highest BCUT2D eigenvalue weighted by molar-refractivity contribution is 7.89. The van der Waals surface area contributed by atoms with Gasteiger partial charge in [-0.1, -0.05) is 18.0 Å². The van der Waals surface area contributed by atoms with E-state index >= 15 is 0 Å². The van der Waals surface area contributed by atoms with Crippen molar-refractivity contribution in [3.63, 3.8) is 0 Å². The van der Waals surface area contributed by atoms with Crippen LogP contribution in [0.3, 0.4) is 0 Å². The monoisotopic (exact) mass is 325 g/mol. The van der Waals surface area contributed by atoms with Crippen LogP contribution >= 0.6 is 23.2 Å². The van der Waals surface area contributed by atoms with E-state index in [1.54, 1.807) is 0 Å². The molecule has 0 aromatic heterocycles. The minimum Gasteiger partial charge on any atom is -0.207 e. The van der Waals surface area contributed by atoms with Crippen molar-refractivity contribution in [3.8, 4) is 0 Å². The predicted octanol–water partition coefficient (Wildman–Crippen LogP) is 3.39. The van der Waals surface area contributed by atoms with Crippen LogP contribution in [0.15, 0.2) is 17.0 Å². The Hall–Kier alpha value is -0.360. The zero-order chi connectivity index (χ0) is 14.0. The summed E-state index contributed by atoms with van der Waals surface area (Å²) >= 11 is 11.4. The van der Waals surface area contributed by atoms with Crippen LogP contribution in [-0.2, 0) is 15.9 Å². The largest absolute Gasteiger partial charge is 0.243 e. The lowest BCUT2D eigenvalue weighted by Gasteiger charge is -2.26. The number of benzene rings is 1. The van der Waals surface area contributed by atoms with Crippen LogP contribution in [0.4, 0.5) is 4.39 Å². The molecule has 0 aliphatic carbocycles. The standard InChI is InChI=1S/C12H14Cl2FNO2S/c13-8-9-6-10(7-11(15)12(9)14)19(17,18)16-4-2-1-3-5-16/h6-7H,1-5,8H2. The molecule has 0 radical (unpaired) electrons. The van der Waals surface area contributed by atoms with E-state index in [1.807, 2.05) is 0 Å². The molecule has 1 aromatic carbocycles. The molecule has 2 rings (SSSR count). The molecule has 0 amide bonds.